The van der Waals surface area contributed by atoms with Crippen molar-refractivity contribution in [1.82, 2.24) is 0 Å². The molecule has 0 heterocycles. The molecular weight excluding hydrogens is 361 g/mol. The molecule has 1 nitrogen and oxygen atoms in total. The van der Waals surface area contributed by atoms with E-state index in [4.69, 9.17) is 5.11 Å². The molecule has 0 spiro atoms. The van der Waals surface area contributed by atoms with Crippen LogP contribution in [0.15, 0.2) is 24.3 Å². The fourth-order valence-electron chi connectivity index (χ4n) is 0.545. The van der Waals surface area contributed by atoms with Crippen LogP contribution in [-0.2, 0) is 0 Å². The first-order valence-corrected chi connectivity index (χ1v) is 3.12. The summed E-state index contributed by atoms with van der Waals surface area (Å²) in [5.41, 5.74) is 1.17. The van der Waals surface area contributed by atoms with E-state index in [1.807, 2.05) is 19.1 Å². The first-order chi connectivity index (χ1) is 4.79. The van der Waals surface area contributed by atoms with Crippen LogP contribution < -0.4 is 0 Å². The van der Waals surface area contributed by atoms with Crippen LogP contribution >= 0.6 is 0 Å². The van der Waals surface area contributed by atoms with Gasteiger partial charge in [-0.1, -0.05) is 24.5 Å². The summed E-state index contributed by atoms with van der Waals surface area (Å²) < 4.78 is 0. The molecule has 1 aromatic rings. The van der Waals surface area contributed by atoms with Crippen molar-refractivity contribution in [2.24, 2.45) is 0 Å². The Kier molecular flexibility index (Phi) is 10.3. The number of phenolic OH excluding ortho intramolecular Hbond substituents is 1. The zero-order valence-electron chi connectivity index (χ0n) is 6.83. The first-order valence-electron chi connectivity index (χ1n) is 3.12. The van der Waals surface area contributed by atoms with Gasteiger partial charge in [0.15, 0.2) is 0 Å². The number of rotatable bonds is 0. The number of hydrogen-bond donors (Lipinski definition) is 1. The van der Waals surface area contributed by atoms with Gasteiger partial charge in [-0.3, -0.25) is 0 Å². The van der Waals surface area contributed by atoms with E-state index in [0.29, 0.717) is 5.75 Å². The normalized spacial score (nSPS) is 7.09. The molecule has 1 rings (SSSR count). The zero-order chi connectivity index (χ0) is 7.98. The predicted octanol–water partition coefficient (Wildman–Crippen LogP) is 1.90. The van der Waals surface area contributed by atoms with Crippen LogP contribution in [0.2, 0.25) is 6.82 Å². The van der Waals surface area contributed by atoms with Crippen molar-refractivity contribution in [3.8, 4) is 5.75 Å². The number of aromatic hydroxyl groups is 1. The molecule has 1 N–H and O–H groups in total. The van der Waals surface area contributed by atoms with Gasteiger partial charge in [0.2, 0.25) is 0 Å². The molecule has 0 aliphatic carbocycles. The van der Waals surface area contributed by atoms with Gasteiger partial charge in [0.05, 0.1) is 7.85 Å². The SMILES string of the molecule is Cc1ccc(O)cc1.[B]C.[U]. The Labute approximate surface area is 93.0 Å². The molecule has 11 heavy (non-hydrogen) atoms. The van der Waals surface area contributed by atoms with Crippen LogP contribution in [0.1, 0.15) is 5.56 Å². The largest absolute Gasteiger partial charge is 0.508 e. The molecule has 1 aromatic carbocycles. The maximum absolute atomic E-state index is 8.76. The molecular formula is C8H11BOU. The minimum absolute atomic E-state index is 0. The average Bonchev–Trinajstić information content (AvgIpc) is 2.00. The third-order valence-corrected chi connectivity index (χ3v) is 1.03. The van der Waals surface area contributed by atoms with E-state index in [2.05, 4.69) is 7.85 Å². The predicted molar refractivity (Wildman–Crippen MR) is 44.5 cm³/mol. The molecule has 0 bridgehead atoms. The van der Waals surface area contributed by atoms with Gasteiger partial charge in [0.1, 0.15) is 5.75 Å². The van der Waals surface area contributed by atoms with Crippen molar-refractivity contribution in [3.63, 3.8) is 0 Å². The second-order valence-corrected chi connectivity index (χ2v) is 1.84. The van der Waals surface area contributed by atoms with Gasteiger partial charge in [0, 0.05) is 31.1 Å². The number of phenols is 1. The van der Waals surface area contributed by atoms with E-state index in [0.717, 1.165) is 0 Å². The van der Waals surface area contributed by atoms with Crippen molar-refractivity contribution < 1.29 is 36.2 Å². The van der Waals surface area contributed by atoms with Gasteiger partial charge in [0.25, 0.3) is 0 Å². The molecule has 0 aromatic heterocycles. The fraction of sp³-hybridized carbons (Fsp3) is 0.250. The van der Waals surface area contributed by atoms with Gasteiger partial charge in [-0.2, -0.15) is 0 Å². The van der Waals surface area contributed by atoms with Crippen molar-refractivity contribution in [2.45, 2.75) is 13.7 Å². The monoisotopic (exact) mass is 372 g/mol. The maximum Gasteiger partial charge on any atom is 0.115 e. The third-order valence-electron chi connectivity index (χ3n) is 1.03. The molecule has 0 aliphatic rings. The number of aryl methyl sites for hydroxylation is 1. The minimum Gasteiger partial charge on any atom is -0.508 e. The summed E-state index contributed by atoms with van der Waals surface area (Å²) in [4.78, 5) is 0. The van der Waals surface area contributed by atoms with Crippen LogP contribution in [0.5, 0.6) is 5.75 Å². The average molecular weight is 372 g/mol. The summed E-state index contributed by atoms with van der Waals surface area (Å²) in [6.07, 6.45) is 0. The van der Waals surface area contributed by atoms with Crippen LogP contribution in [0.3, 0.4) is 0 Å². The molecule has 0 unspecified atom stereocenters. The van der Waals surface area contributed by atoms with Crippen LogP contribution in [0.4, 0.5) is 0 Å². The maximum atomic E-state index is 8.76. The molecule has 0 saturated heterocycles. The van der Waals surface area contributed by atoms with Gasteiger partial charge >= 0.3 is 0 Å². The molecule has 56 valence electrons. The third kappa shape index (κ3) is 6.53. The Hall–Kier alpha value is 0.137. The van der Waals surface area contributed by atoms with E-state index in [9.17, 15) is 0 Å². The summed E-state index contributed by atoms with van der Waals surface area (Å²) in [6, 6.07) is 7.09. The first kappa shape index (κ1) is 13.7. The smallest absolute Gasteiger partial charge is 0.115 e. The summed E-state index contributed by atoms with van der Waals surface area (Å²) in [7, 11) is 4.50. The zero-order valence-corrected chi connectivity index (χ0v) is 11.0. The van der Waals surface area contributed by atoms with E-state index >= 15 is 0 Å². The summed E-state index contributed by atoms with van der Waals surface area (Å²) >= 11 is 0. The Balaban J connectivity index is 0. The van der Waals surface area contributed by atoms with Gasteiger partial charge in [-0.25, -0.2) is 0 Å². The molecule has 0 atom stereocenters. The topological polar surface area (TPSA) is 20.2 Å². The summed E-state index contributed by atoms with van der Waals surface area (Å²) in [5, 5.41) is 8.76. The van der Waals surface area contributed by atoms with Crippen LogP contribution in [0.25, 0.3) is 0 Å². The Morgan fingerprint density at radius 3 is 1.73 bits per heavy atom. The molecule has 0 amide bonds. The van der Waals surface area contributed by atoms with Crippen molar-refractivity contribution in [1.29, 1.82) is 0 Å². The molecule has 3 heteroatoms. The van der Waals surface area contributed by atoms with E-state index < -0.39 is 0 Å². The Bertz CT molecular complexity index is 153. The minimum atomic E-state index is 0. The summed E-state index contributed by atoms with van der Waals surface area (Å²) in [5.74, 6) is 0.329. The second kappa shape index (κ2) is 8.24. The van der Waals surface area contributed by atoms with E-state index in [1.54, 1.807) is 12.1 Å². The Morgan fingerprint density at radius 2 is 1.45 bits per heavy atom. The Morgan fingerprint density at radius 1 is 1.09 bits per heavy atom. The van der Waals surface area contributed by atoms with Crippen molar-refractivity contribution >= 4 is 7.85 Å². The van der Waals surface area contributed by atoms with E-state index in [-0.39, 0.29) is 31.1 Å². The molecule has 0 fully saturated rings. The fourth-order valence-corrected chi connectivity index (χ4v) is 0.545. The van der Waals surface area contributed by atoms with Crippen LogP contribution in [0, 0.1) is 38.0 Å². The second-order valence-electron chi connectivity index (χ2n) is 1.84. The van der Waals surface area contributed by atoms with Crippen molar-refractivity contribution in [2.75, 3.05) is 0 Å². The molecule has 0 aliphatic heterocycles. The van der Waals surface area contributed by atoms with Crippen LogP contribution in [-0.4, -0.2) is 13.0 Å². The van der Waals surface area contributed by atoms with E-state index in [1.165, 1.54) is 12.4 Å². The number of benzene rings is 1. The number of hydrogen-bond acceptors (Lipinski definition) is 1. The summed E-state index contributed by atoms with van der Waals surface area (Å²) in [6.45, 7) is 3.49. The van der Waals surface area contributed by atoms with Gasteiger partial charge in [-0.15, -0.1) is 0 Å². The quantitative estimate of drug-likeness (QED) is 0.691. The van der Waals surface area contributed by atoms with Gasteiger partial charge in [-0.05, 0) is 19.1 Å². The van der Waals surface area contributed by atoms with Gasteiger partial charge < -0.3 is 5.11 Å². The van der Waals surface area contributed by atoms with Crippen molar-refractivity contribution in [3.05, 3.63) is 29.8 Å². The molecule has 0 saturated carbocycles. The standard InChI is InChI=1S/C7H8O.CH3B.U/c1-6-2-4-7(8)5-3-6;1-2;/h2-5,8H,1H3;1H3;. The molecule has 2 radical (unpaired) electrons.